The summed E-state index contributed by atoms with van der Waals surface area (Å²) in [6.45, 7) is 6.39. The molecule has 116 valence electrons. The standard InChI is InChI=1S/C15H28N2O3/c1-12(2)11-17(10-8-15(19)20-3)14(18)7-6-13-5-4-9-16-13/h12-13,16H,4-11H2,1-3H3. The van der Waals surface area contributed by atoms with Crippen LogP contribution in [0.15, 0.2) is 0 Å². The minimum Gasteiger partial charge on any atom is -0.469 e. The molecule has 0 bridgehead atoms. The van der Waals surface area contributed by atoms with Crippen LogP contribution in [0.25, 0.3) is 0 Å². The first-order valence-corrected chi connectivity index (χ1v) is 7.61. The Bertz CT molecular complexity index is 312. The predicted molar refractivity (Wildman–Crippen MR) is 78.3 cm³/mol. The smallest absolute Gasteiger partial charge is 0.307 e. The zero-order valence-corrected chi connectivity index (χ0v) is 13.0. The van der Waals surface area contributed by atoms with Crippen molar-refractivity contribution in [2.75, 3.05) is 26.7 Å². The Morgan fingerprint density at radius 3 is 2.65 bits per heavy atom. The number of ether oxygens (including phenoxy) is 1. The first-order chi connectivity index (χ1) is 9.52. The molecule has 1 amide bonds. The molecule has 1 N–H and O–H groups in total. The van der Waals surface area contributed by atoms with Crippen LogP contribution in [-0.2, 0) is 14.3 Å². The number of carbonyl (C=O) groups excluding carboxylic acids is 2. The summed E-state index contributed by atoms with van der Waals surface area (Å²) in [4.78, 5) is 25.3. The van der Waals surface area contributed by atoms with Gasteiger partial charge in [0.2, 0.25) is 5.91 Å². The fraction of sp³-hybridized carbons (Fsp3) is 0.867. The summed E-state index contributed by atoms with van der Waals surface area (Å²) in [5.74, 6) is 0.293. The number of nitrogens with zero attached hydrogens (tertiary/aromatic N) is 1. The van der Waals surface area contributed by atoms with Crippen molar-refractivity contribution >= 4 is 11.9 Å². The van der Waals surface area contributed by atoms with Gasteiger partial charge in [0.15, 0.2) is 0 Å². The molecule has 5 nitrogen and oxygen atoms in total. The molecule has 1 fully saturated rings. The normalized spacial score (nSPS) is 18.3. The van der Waals surface area contributed by atoms with Gasteiger partial charge >= 0.3 is 5.97 Å². The van der Waals surface area contributed by atoms with E-state index in [0.29, 0.717) is 31.5 Å². The lowest BCUT2D eigenvalue weighted by atomic mass is 10.1. The van der Waals surface area contributed by atoms with E-state index in [-0.39, 0.29) is 18.3 Å². The highest BCUT2D eigenvalue weighted by Gasteiger charge is 2.19. The molecule has 5 heteroatoms. The van der Waals surface area contributed by atoms with Gasteiger partial charge < -0.3 is 15.0 Å². The van der Waals surface area contributed by atoms with Crippen LogP contribution in [-0.4, -0.2) is 49.6 Å². The number of rotatable bonds is 8. The van der Waals surface area contributed by atoms with E-state index < -0.39 is 0 Å². The molecule has 20 heavy (non-hydrogen) atoms. The number of nitrogens with one attached hydrogen (secondary N) is 1. The van der Waals surface area contributed by atoms with Crippen molar-refractivity contribution in [3.05, 3.63) is 0 Å². The summed E-state index contributed by atoms with van der Waals surface area (Å²) in [6, 6.07) is 0.487. The van der Waals surface area contributed by atoms with Crippen LogP contribution >= 0.6 is 0 Å². The van der Waals surface area contributed by atoms with E-state index in [1.807, 2.05) is 0 Å². The first-order valence-electron chi connectivity index (χ1n) is 7.61. The second-order valence-corrected chi connectivity index (χ2v) is 5.89. The van der Waals surface area contributed by atoms with Crippen LogP contribution < -0.4 is 5.32 Å². The molecule has 0 saturated carbocycles. The monoisotopic (exact) mass is 284 g/mol. The molecule has 0 spiro atoms. The van der Waals surface area contributed by atoms with Gasteiger partial charge in [-0.1, -0.05) is 13.8 Å². The molecular weight excluding hydrogens is 256 g/mol. The number of hydrogen-bond donors (Lipinski definition) is 1. The Hall–Kier alpha value is -1.10. The van der Waals surface area contributed by atoms with Crippen molar-refractivity contribution in [2.45, 2.75) is 52.0 Å². The van der Waals surface area contributed by atoms with Crippen molar-refractivity contribution in [3.8, 4) is 0 Å². The van der Waals surface area contributed by atoms with Crippen LogP contribution in [0.5, 0.6) is 0 Å². The second kappa shape index (κ2) is 8.95. The molecule has 0 aliphatic carbocycles. The maximum absolute atomic E-state index is 12.3. The third-order valence-electron chi connectivity index (χ3n) is 3.62. The van der Waals surface area contributed by atoms with Gasteiger partial charge in [-0.15, -0.1) is 0 Å². The summed E-state index contributed by atoms with van der Waals surface area (Å²) in [5, 5.41) is 3.41. The van der Waals surface area contributed by atoms with Crippen LogP contribution in [0, 0.1) is 5.92 Å². The topological polar surface area (TPSA) is 58.6 Å². The number of amides is 1. The van der Waals surface area contributed by atoms with Crippen molar-refractivity contribution in [1.29, 1.82) is 0 Å². The molecule has 1 aliphatic rings. The SMILES string of the molecule is COC(=O)CCN(CC(C)C)C(=O)CCC1CCCN1. The lowest BCUT2D eigenvalue weighted by Gasteiger charge is -2.25. The number of hydrogen-bond acceptors (Lipinski definition) is 4. The van der Waals surface area contributed by atoms with Crippen LogP contribution in [0.4, 0.5) is 0 Å². The highest BCUT2D eigenvalue weighted by atomic mass is 16.5. The lowest BCUT2D eigenvalue weighted by molar-refractivity contribution is -0.142. The number of carbonyl (C=O) groups is 2. The van der Waals surface area contributed by atoms with Crippen molar-refractivity contribution < 1.29 is 14.3 Å². The summed E-state index contributed by atoms with van der Waals surface area (Å²) in [7, 11) is 1.38. The van der Waals surface area contributed by atoms with Crippen LogP contribution in [0.1, 0.15) is 46.0 Å². The van der Waals surface area contributed by atoms with E-state index in [1.165, 1.54) is 20.0 Å². The fourth-order valence-electron chi connectivity index (χ4n) is 2.55. The highest BCUT2D eigenvalue weighted by molar-refractivity contribution is 5.77. The Balaban J connectivity index is 2.39. The molecule has 0 aromatic rings. The third-order valence-corrected chi connectivity index (χ3v) is 3.62. The Kier molecular flexibility index (Phi) is 7.59. The maximum Gasteiger partial charge on any atom is 0.307 e. The highest BCUT2D eigenvalue weighted by Crippen LogP contribution is 2.12. The molecule has 1 heterocycles. The van der Waals surface area contributed by atoms with Crippen molar-refractivity contribution in [2.24, 2.45) is 5.92 Å². The number of methoxy groups -OCH3 is 1. The minimum absolute atomic E-state index is 0.149. The average molecular weight is 284 g/mol. The second-order valence-electron chi connectivity index (χ2n) is 5.89. The molecule has 0 aromatic heterocycles. The fourth-order valence-corrected chi connectivity index (χ4v) is 2.55. The summed E-state index contributed by atoms with van der Waals surface area (Å²) < 4.78 is 4.64. The molecule has 1 saturated heterocycles. The molecule has 1 rings (SSSR count). The zero-order valence-electron chi connectivity index (χ0n) is 13.0. The van der Waals surface area contributed by atoms with E-state index in [2.05, 4.69) is 23.9 Å². The molecule has 0 radical (unpaired) electrons. The van der Waals surface area contributed by atoms with E-state index in [4.69, 9.17) is 0 Å². The first kappa shape index (κ1) is 17.0. The molecule has 1 aliphatic heterocycles. The quantitative estimate of drug-likeness (QED) is 0.687. The van der Waals surface area contributed by atoms with Crippen LogP contribution in [0.2, 0.25) is 0 Å². The maximum atomic E-state index is 12.3. The largest absolute Gasteiger partial charge is 0.469 e. The minimum atomic E-state index is -0.260. The van der Waals surface area contributed by atoms with E-state index in [9.17, 15) is 9.59 Å². The van der Waals surface area contributed by atoms with Crippen molar-refractivity contribution in [3.63, 3.8) is 0 Å². The van der Waals surface area contributed by atoms with Crippen LogP contribution in [0.3, 0.4) is 0 Å². The third kappa shape index (κ3) is 6.37. The van der Waals surface area contributed by atoms with Gasteiger partial charge in [-0.25, -0.2) is 0 Å². The molecular formula is C15H28N2O3. The van der Waals surface area contributed by atoms with Gasteiger partial charge in [-0.05, 0) is 31.7 Å². The van der Waals surface area contributed by atoms with Gasteiger partial charge in [-0.3, -0.25) is 9.59 Å². The van der Waals surface area contributed by atoms with Gasteiger partial charge in [0, 0.05) is 25.6 Å². The summed E-state index contributed by atoms with van der Waals surface area (Å²) in [6.07, 6.45) is 4.10. The predicted octanol–water partition coefficient (Wildman–Crippen LogP) is 1.57. The lowest BCUT2D eigenvalue weighted by Crippen LogP contribution is -2.36. The Labute approximate surface area is 122 Å². The zero-order chi connectivity index (χ0) is 15.0. The molecule has 1 unspecified atom stereocenters. The van der Waals surface area contributed by atoms with Gasteiger partial charge in [0.25, 0.3) is 0 Å². The van der Waals surface area contributed by atoms with E-state index in [0.717, 1.165) is 13.0 Å². The van der Waals surface area contributed by atoms with Gasteiger partial charge in [-0.2, -0.15) is 0 Å². The Morgan fingerprint density at radius 1 is 1.35 bits per heavy atom. The van der Waals surface area contributed by atoms with E-state index in [1.54, 1.807) is 4.90 Å². The van der Waals surface area contributed by atoms with Gasteiger partial charge in [0.05, 0.1) is 13.5 Å². The Morgan fingerprint density at radius 2 is 2.10 bits per heavy atom. The molecule has 0 aromatic carbocycles. The number of esters is 1. The van der Waals surface area contributed by atoms with Crippen molar-refractivity contribution in [1.82, 2.24) is 10.2 Å². The summed E-state index contributed by atoms with van der Waals surface area (Å²) in [5.41, 5.74) is 0. The summed E-state index contributed by atoms with van der Waals surface area (Å²) >= 11 is 0. The molecule has 1 atom stereocenters. The van der Waals surface area contributed by atoms with Gasteiger partial charge in [0.1, 0.15) is 0 Å². The average Bonchev–Trinajstić information content (AvgIpc) is 2.93. The van der Waals surface area contributed by atoms with E-state index >= 15 is 0 Å².